The van der Waals surface area contributed by atoms with E-state index in [1.54, 1.807) is 11.3 Å². The van der Waals surface area contributed by atoms with Crippen LogP contribution in [0, 0.1) is 0 Å². The largest absolute Gasteiger partial charge is 0.417 e. The fourth-order valence-corrected chi connectivity index (χ4v) is 4.30. The third kappa shape index (κ3) is 4.26. The number of hydrogen-bond acceptors (Lipinski definition) is 5. The number of alkyl halides is 3. The highest BCUT2D eigenvalue weighted by Crippen LogP contribution is 2.28. The number of benzene rings is 1. The van der Waals surface area contributed by atoms with Crippen LogP contribution in [0.4, 0.5) is 13.2 Å². The quantitative estimate of drug-likeness (QED) is 0.665. The van der Waals surface area contributed by atoms with Gasteiger partial charge in [0.25, 0.3) is 5.56 Å². The Labute approximate surface area is 163 Å². The number of nitrogens with zero attached hydrogens (tertiary/aromatic N) is 4. The highest BCUT2D eigenvalue weighted by Gasteiger charge is 2.31. The summed E-state index contributed by atoms with van der Waals surface area (Å²) < 4.78 is 40.9. The van der Waals surface area contributed by atoms with Gasteiger partial charge in [-0.2, -0.15) is 13.2 Å². The van der Waals surface area contributed by atoms with Gasteiger partial charge in [-0.05, 0) is 18.2 Å². The summed E-state index contributed by atoms with van der Waals surface area (Å²) in [6.07, 6.45) is -3.55. The Kier molecular flexibility index (Phi) is 5.22. The summed E-state index contributed by atoms with van der Waals surface area (Å²) in [5.74, 6) is 0. The molecule has 3 aromatic rings. The molecule has 0 atom stereocenters. The molecule has 1 aliphatic rings. The Morgan fingerprint density at radius 3 is 2.43 bits per heavy atom. The summed E-state index contributed by atoms with van der Waals surface area (Å²) in [4.78, 5) is 20.8. The molecule has 0 radical (unpaired) electrons. The summed E-state index contributed by atoms with van der Waals surface area (Å²) in [5.41, 5.74) is -0.225. The zero-order valence-electron chi connectivity index (χ0n) is 15.0. The summed E-state index contributed by atoms with van der Waals surface area (Å²) >= 11 is 1.68. The van der Waals surface area contributed by atoms with Gasteiger partial charge in [0.2, 0.25) is 0 Å². The average molecular weight is 408 g/mol. The zero-order chi connectivity index (χ0) is 19.7. The molecule has 1 fully saturated rings. The lowest BCUT2D eigenvalue weighted by Gasteiger charge is -2.34. The normalized spacial score (nSPS) is 16.7. The fraction of sp³-hybridized carbons (Fsp3) is 0.368. The Hall–Kier alpha value is -2.23. The number of rotatable bonds is 4. The second-order valence-electron chi connectivity index (χ2n) is 6.83. The van der Waals surface area contributed by atoms with Gasteiger partial charge in [0.15, 0.2) is 0 Å². The molecule has 0 aliphatic carbocycles. The molecule has 0 unspecified atom stereocenters. The zero-order valence-corrected chi connectivity index (χ0v) is 15.8. The fourth-order valence-electron chi connectivity index (χ4n) is 3.29. The molecule has 28 heavy (non-hydrogen) atoms. The van der Waals surface area contributed by atoms with Crippen LogP contribution in [-0.4, -0.2) is 45.5 Å². The van der Waals surface area contributed by atoms with Crippen molar-refractivity contribution >= 4 is 21.6 Å². The number of thiazole rings is 1. The van der Waals surface area contributed by atoms with Crippen LogP contribution in [0.5, 0.6) is 0 Å². The predicted octanol–water partition coefficient (Wildman–Crippen LogP) is 3.25. The standard InChI is InChI=1S/C19H19F3N4OS/c20-19(21,22)14-5-6-18(27)26(11-14)13-25-9-7-24(8-10-25)12-17-23-15-3-1-2-4-16(15)28-17/h1-6,11H,7-10,12-13H2. The molecule has 0 saturated carbocycles. The summed E-state index contributed by atoms with van der Waals surface area (Å²) in [6.45, 7) is 3.86. The third-order valence-corrected chi connectivity index (χ3v) is 5.85. The van der Waals surface area contributed by atoms with Gasteiger partial charge >= 0.3 is 6.18 Å². The van der Waals surface area contributed by atoms with E-state index in [4.69, 9.17) is 0 Å². The minimum Gasteiger partial charge on any atom is -0.301 e. The van der Waals surface area contributed by atoms with Crippen molar-refractivity contribution in [3.8, 4) is 0 Å². The molecular formula is C19H19F3N4OS. The van der Waals surface area contributed by atoms with Gasteiger partial charge in [0.05, 0.1) is 29.0 Å². The number of aromatic nitrogens is 2. The molecule has 4 rings (SSSR count). The molecule has 0 amide bonds. The minimum atomic E-state index is -4.45. The van der Waals surface area contributed by atoms with E-state index in [9.17, 15) is 18.0 Å². The summed E-state index contributed by atoms with van der Waals surface area (Å²) in [7, 11) is 0. The number of piperazine rings is 1. The van der Waals surface area contributed by atoms with Gasteiger partial charge in [-0.3, -0.25) is 14.6 Å². The van der Waals surface area contributed by atoms with Crippen molar-refractivity contribution in [1.82, 2.24) is 19.4 Å². The SMILES string of the molecule is O=c1ccc(C(F)(F)F)cn1CN1CCN(Cc2nc3ccccc3s2)CC1. The predicted molar refractivity (Wildman–Crippen MR) is 102 cm³/mol. The van der Waals surface area contributed by atoms with Crippen LogP contribution in [0.15, 0.2) is 47.4 Å². The van der Waals surface area contributed by atoms with E-state index in [1.807, 2.05) is 23.1 Å². The van der Waals surface area contributed by atoms with Crippen molar-refractivity contribution < 1.29 is 13.2 Å². The van der Waals surface area contributed by atoms with Gasteiger partial charge in [-0.25, -0.2) is 4.98 Å². The maximum atomic E-state index is 12.9. The van der Waals surface area contributed by atoms with Crippen LogP contribution in [0.1, 0.15) is 10.6 Å². The first-order chi connectivity index (χ1) is 13.4. The van der Waals surface area contributed by atoms with Crippen LogP contribution >= 0.6 is 11.3 Å². The molecule has 1 aliphatic heterocycles. The number of halogens is 3. The first-order valence-corrected chi connectivity index (χ1v) is 9.77. The van der Waals surface area contributed by atoms with E-state index in [0.717, 1.165) is 53.1 Å². The Balaban J connectivity index is 1.36. The number of pyridine rings is 1. The first-order valence-electron chi connectivity index (χ1n) is 8.95. The van der Waals surface area contributed by atoms with Crippen LogP contribution in [-0.2, 0) is 19.4 Å². The van der Waals surface area contributed by atoms with Gasteiger partial charge in [0.1, 0.15) is 5.01 Å². The van der Waals surface area contributed by atoms with Crippen molar-refractivity contribution in [1.29, 1.82) is 0 Å². The van der Waals surface area contributed by atoms with Gasteiger partial charge < -0.3 is 4.57 Å². The summed E-state index contributed by atoms with van der Waals surface area (Å²) in [6, 6.07) is 9.83. The smallest absolute Gasteiger partial charge is 0.301 e. The monoisotopic (exact) mass is 408 g/mol. The highest BCUT2D eigenvalue weighted by molar-refractivity contribution is 7.18. The highest BCUT2D eigenvalue weighted by atomic mass is 32.1. The minimum absolute atomic E-state index is 0.164. The number of fused-ring (bicyclic) bond motifs is 1. The van der Waals surface area contributed by atoms with Crippen LogP contribution in [0.2, 0.25) is 0 Å². The lowest BCUT2D eigenvalue weighted by atomic mass is 10.3. The number of hydrogen-bond donors (Lipinski definition) is 0. The van der Waals surface area contributed by atoms with Crippen LogP contribution < -0.4 is 5.56 Å². The van der Waals surface area contributed by atoms with E-state index in [1.165, 1.54) is 4.70 Å². The van der Waals surface area contributed by atoms with E-state index in [0.29, 0.717) is 13.1 Å². The molecule has 0 bridgehead atoms. The summed E-state index contributed by atoms with van der Waals surface area (Å²) in [5, 5.41) is 1.06. The Morgan fingerprint density at radius 2 is 1.71 bits per heavy atom. The van der Waals surface area contributed by atoms with Crippen molar-refractivity contribution in [3.05, 3.63) is 63.5 Å². The molecule has 2 aromatic heterocycles. The second kappa shape index (κ2) is 7.65. The molecule has 9 heteroatoms. The molecule has 1 saturated heterocycles. The molecule has 1 aromatic carbocycles. The molecule has 0 N–H and O–H groups in total. The molecule has 5 nitrogen and oxygen atoms in total. The first kappa shape index (κ1) is 19.1. The molecule has 3 heterocycles. The van der Waals surface area contributed by atoms with E-state index < -0.39 is 17.3 Å². The molecular weight excluding hydrogens is 389 g/mol. The van der Waals surface area contributed by atoms with Crippen molar-refractivity contribution in [2.75, 3.05) is 26.2 Å². The van der Waals surface area contributed by atoms with Crippen LogP contribution in [0.3, 0.4) is 0 Å². The van der Waals surface area contributed by atoms with Crippen molar-refractivity contribution in [3.63, 3.8) is 0 Å². The average Bonchev–Trinajstić information content (AvgIpc) is 3.06. The van der Waals surface area contributed by atoms with Gasteiger partial charge in [-0.1, -0.05) is 12.1 Å². The second-order valence-corrected chi connectivity index (χ2v) is 7.95. The molecule has 148 valence electrons. The van der Waals surface area contributed by atoms with E-state index in [2.05, 4.69) is 16.0 Å². The topological polar surface area (TPSA) is 41.4 Å². The number of para-hydroxylation sites is 1. The Morgan fingerprint density at radius 1 is 1.00 bits per heavy atom. The van der Waals surface area contributed by atoms with E-state index in [-0.39, 0.29) is 6.67 Å². The Bertz CT molecular complexity index is 989. The lowest BCUT2D eigenvalue weighted by molar-refractivity contribution is -0.138. The van der Waals surface area contributed by atoms with Gasteiger partial charge in [0, 0.05) is 38.4 Å². The van der Waals surface area contributed by atoms with Gasteiger partial charge in [-0.15, -0.1) is 11.3 Å². The maximum Gasteiger partial charge on any atom is 0.417 e. The molecule has 0 spiro atoms. The van der Waals surface area contributed by atoms with Crippen molar-refractivity contribution in [2.24, 2.45) is 0 Å². The van der Waals surface area contributed by atoms with Crippen molar-refractivity contribution in [2.45, 2.75) is 19.4 Å². The van der Waals surface area contributed by atoms with E-state index >= 15 is 0 Å². The lowest BCUT2D eigenvalue weighted by Crippen LogP contribution is -2.47. The third-order valence-electron chi connectivity index (χ3n) is 4.83. The van der Waals surface area contributed by atoms with Crippen LogP contribution in [0.25, 0.3) is 10.2 Å². The maximum absolute atomic E-state index is 12.9.